The quantitative estimate of drug-likeness (QED) is 0.507. The predicted molar refractivity (Wildman–Crippen MR) is 123 cm³/mol. The highest BCUT2D eigenvalue weighted by atomic mass is 19.2. The van der Waals surface area contributed by atoms with E-state index >= 15 is 0 Å². The third-order valence-electron chi connectivity index (χ3n) is 5.56. The molecular formula is C25H23F3N4O3. The van der Waals surface area contributed by atoms with Crippen LogP contribution >= 0.6 is 0 Å². The van der Waals surface area contributed by atoms with Gasteiger partial charge in [0.2, 0.25) is 5.91 Å². The molecule has 1 aromatic heterocycles. The minimum absolute atomic E-state index is 0.0868. The molecule has 2 amide bonds. The molecule has 1 atom stereocenters. The molecule has 1 saturated heterocycles. The average molecular weight is 484 g/mol. The average Bonchev–Trinajstić information content (AvgIpc) is 3.22. The van der Waals surface area contributed by atoms with Crippen molar-refractivity contribution in [2.24, 2.45) is 0 Å². The number of hydrogen-bond donors (Lipinski definition) is 2. The fourth-order valence-electron chi connectivity index (χ4n) is 3.76. The van der Waals surface area contributed by atoms with Gasteiger partial charge >= 0.3 is 6.09 Å². The van der Waals surface area contributed by atoms with Crippen molar-refractivity contribution in [3.63, 3.8) is 0 Å². The molecule has 3 aromatic rings. The fraction of sp³-hybridized carbons (Fsp3) is 0.240. The van der Waals surface area contributed by atoms with Crippen LogP contribution in [0.2, 0.25) is 0 Å². The van der Waals surface area contributed by atoms with Crippen molar-refractivity contribution in [2.75, 3.05) is 18.0 Å². The third-order valence-corrected chi connectivity index (χ3v) is 5.56. The molecule has 1 aliphatic heterocycles. The van der Waals surface area contributed by atoms with Crippen molar-refractivity contribution in [2.45, 2.75) is 26.1 Å². The molecule has 2 heterocycles. The summed E-state index contributed by atoms with van der Waals surface area (Å²) >= 11 is 0. The Hall–Kier alpha value is -3.92. The minimum atomic E-state index is -1.16. The first-order valence-corrected chi connectivity index (χ1v) is 10.9. The second-order valence-electron chi connectivity index (χ2n) is 8.08. The van der Waals surface area contributed by atoms with Gasteiger partial charge in [0.25, 0.3) is 0 Å². The Morgan fingerprint density at radius 3 is 2.51 bits per heavy atom. The number of nitrogens with zero attached hydrogens (tertiary/aromatic N) is 2. The summed E-state index contributed by atoms with van der Waals surface area (Å²) in [6, 6.07) is 10.1. The number of amides is 2. The van der Waals surface area contributed by atoms with Gasteiger partial charge in [-0.15, -0.1) is 0 Å². The maximum Gasteiger partial charge on any atom is 0.414 e. The number of rotatable bonds is 8. The predicted octanol–water partition coefficient (Wildman–Crippen LogP) is 3.92. The van der Waals surface area contributed by atoms with Gasteiger partial charge in [-0.05, 0) is 35.9 Å². The van der Waals surface area contributed by atoms with Gasteiger partial charge in [0.15, 0.2) is 11.6 Å². The van der Waals surface area contributed by atoms with Crippen LogP contribution in [-0.4, -0.2) is 36.2 Å². The number of anilines is 1. The maximum absolute atomic E-state index is 14.9. The molecule has 1 fully saturated rings. The number of aromatic nitrogens is 1. The zero-order valence-electron chi connectivity index (χ0n) is 18.9. The number of cyclic esters (lactones) is 1. The lowest BCUT2D eigenvalue weighted by Crippen LogP contribution is -2.33. The SMILES string of the molecule is CC(=O)NC[C@H]1CN(c2ccc(-c3ccc(CNCc4ccncc4)c(F)c3F)c(F)c2)C(=O)O1. The number of pyridine rings is 1. The summed E-state index contributed by atoms with van der Waals surface area (Å²) in [5, 5.41) is 5.60. The lowest BCUT2D eigenvalue weighted by molar-refractivity contribution is -0.119. The van der Waals surface area contributed by atoms with E-state index in [1.807, 2.05) is 12.1 Å². The number of ether oxygens (including phenoxy) is 1. The van der Waals surface area contributed by atoms with E-state index in [1.165, 1.54) is 36.1 Å². The lowest BCUT2D eigenvalue weighted by atomic mass is 10.0. The zero-order chi connectivity index (χ0) is 24.9. The Balaban J connectivity index is 1.46. The molecule has 2 N–H and O–H groups in total. The molecule has 4 rings (SSSR count). The summed E-state index contributed by atoms with van der Waals surface area (Å²) in [4.78, 5) is 28.4. The van der Waals surface area contributed by atoms with E-state index in [-0.39, 0.29) is 47.9 Å². The maximum atomic E-state index is 14.9. The number of carbonyl (C=O) groups is 2. The van der Waals surface area contributed by atoms with Crippen LogP contribution in [-0.2, 0) is 22.6 Å². The largest absolute Gasteiger partial charge is 0.442 e. The molecule has 0 radical (unpaired) electrons. The van der Waals surface area contributed by atoms with Gasteiger partial charge in [0.05, 0.1) is 18.8 Å². The second-order valence-corrected chi connectivity index (χ2v) is 8.08. The molecule has 0 aliphatic carbocycles. The summed E-state index contributed by atoms with van der Waals surface area (Å²) in [5.74, 6) is -3.30. The Labute approximate surface area is 199 Å². The van der Waals surface area contributed by atoms with E-state index in [2.05, 4.69) is 15.6 Å². The summed E-state index contributed by atoms with van der Waals surface area (Å²) in [7, 11) is 0. The van der Waals surface area contributed by atoms with E-state index in [0.717, 1.165) is 11.6 Å². The van der Waals surface area contributed by atoms with Crippen LogP contribution in [0.15, 0.2) is 54.9 Å². The van der Waals surface area contributed by atoms with Gasteiger partial charge in [-0.1, -0.05) is 12.1 Å². The highest BCUT2D eigenvalue weighted by Crippen LogP contribution is 2.32. The van der Waals surface area contributed by atoms with Gasteiger partial charge < -0.3 is 15.4 Å². The summed E-state index contributed by atoms with van der Waals surface area (Å²) < 4.78 is 49.7. The molecule has 1 aliphatic rings. The van der Waals surface area contributed by atoms with Crippen LogP contribution in [0, 0.1) is 17.5 Å². The highest BCUT2D eigenvalue weighted by Gasteiger charge is 2.33. The van der Waals surface area contributed by atoms with Gasteiger partial charge in [-0.3, -0.25) is 14.7 Å². The van der Waals surface area contributed by atoms with Crippen LogP contribution in [0.3, 0.4) is 0 Å². The summed E-state index contributed by atoms with van der Waals surface area (Å²) in [6.45, 7) is 2.13. The van der Waals surface area contributed by atoms with Crippen LogP contribution < -0.4 is 15.5 Å². The van der Waals surface area contributed by atoms with E-state index < -0.39 is 29.6 Å². The zero-order valence-corrected chi connectivity index (χ0v) is 18.9. The van der Waals surface area contributed by atoms with E-state index in [0.29, 0.717) is 6.54 Å². The fourth-order valence-corrected chi connectivity index (χ4v) is 3.76. The highest BCUT2D eigenvalue weighted by molar-refractivity contribution is 5.90. The standard InChI is InChI=1S/C25H23F3N4O3/c1-15(33)31-13-19-14-32(25(34)35-19)18-3-5-20(22(26)10-18)21-4-2-17(23(27)24(21)28)12-30-11-16-6-8-29-9-7-16/h2-10,19,30H,11-14H2,1H3,(H,31,33)/t19-/m0/s1. The number of hydrogen-bond acceptors (Lipinski definition) is 5. The minimum Gasteiger partial charge on any atom is -0.442 e. The van der Waals surface area contributed by atoms with Crippen LogP contribution in [0.5, 0.6) is 0 Å². The van der Waals surface area contributed by atoms with Crippen molar-refractivity contribution in [3.8, 4) is 11.1 Å². The lowest BCUT2D eigenvalue weighted by Gasteiger charge is -2.15. The third kappa shape index (κ3) is 5.60. The van der Waals surface area contributed by atoms with Crippen LogP contribution in [0.1, 0.15) is 18.1 Å². The Kier molecular flexibility index (Phi) is 7.31. The molecular weight excluding hydrogens is 461 g/mol. The normalized spacial score (nSPS) is 15.3. The Bertz CT molecular complexity index is 1240. The van der Waals surface area contributed by atoms with Crippen LogP contribution in [0.4, 0.5) is 23.7 Å². The molecule has 182 valence electrons. The van der Waals surface area contributed by atoms with E-state index in [1.54, 1.807) is 12.4 Å². The number of nitrogens with one attached hydrogen (secondary N) is 2. The molecule has 0 saturated carbocycles. The van der Waals surface area contributed by atoms with Gasteiger partial charge in [0.1, 0.15) is 11.9 Å². The van der Waals surface area contributed by atoms with Crippen molar-refractivity contribution >= 4 is 17.7 Å². The van der Waals surface area contributed by atoms with Crippen molar-refractivity contribution in [1.82, 2.24) is 15.6 Å². The summed E-state index contributed by atoms with van der Waals surface area (Å²) in [6.07, 6.45) is 2.01. The monoisotopic (exact) mass is 484 g/mol. The number of carbonyl (C=O) groups excluding carboxylic acids is 2. The molecule has 10 heteroatoms. The van der Waals surface area contributed by atoms with Gasteiger partial charge in [-0.25, -0.2) is 18.0 Å². The van der Waals surface area contributed by atoms with Crippen LogP contribution in [0.25, 0.3) is 11.1 Å². The summed E-state index contributed by atoms with van der Waals surface area (Å²) in [5.41, 5.74) is 0.908. The number of benzene rings is 2. The Morgan fingerprint density at radius 1 is 1.06 bits per heavy atom. The molecule has 7 nitrogen and oxygen atoms in total. The molecule has 35 heavy (non-hydrogen) atoms. The van der Waals surface area contributed by atoms with Gasteiger partial charge in [0, 0.05) is 49.1 Å². The van der Waals surface area contributed by atoms with Crippen molar-refractivity contribution in [3.05, 3.63) is 83.4 Å². The molecule has 0 spiro atoms. The first kappa shape index (κ1) is 24.2. The van der Waals surface area contributed by atoms with Gasteiger partial charge in [-0.2, -0.15) is 0 Å². The number of halogens is 3. The van der Waals surface area contributed by atoms with Crippen molar-refractivity contribution in [1.29, 1.82) is 0 Å². The first-order chi connectivity index (χ1) is 16.8. The second kappa shape index (κ2) is 10.6. The molecule has 2 aromatic carbocycles. The van der Waals surface area contributed by atoms with Crippen molar-refractivity contribution < 1.29 is 27.5 Å². The van der Waals surface area contributed by atoms with E-state index in [4.69, 9.17) is 4.74 Å². The first-order valence-electron chi connectivity index (χ1n) is 10.9. The van der Waals surface area contributed by atoms with E-state index in [9.17, 15) is 22.8 Å². The molecule has 0 unspecified atom stereocenters. The molecule has 0 bridgehead atoms. The Morgan fingerprint density at radius 2 is 1.80 bits per heavy atom. The topological polar surface area (TPSA) is 83.6 Å². The smallest absolute Gasteiger partial charge is 0.414 e.